The first-order valence-electron chi connectivity index (χ1n) is 5.57. The van der Waals surface area contributed by atoms with Crippen molar-refractivity contribution in [2.75, 3.05) is 7.11 Å². The highest BCUT2D eigenvalue weighted by Crippen LogP contribution is 2.34. The van der Waals surface area contributed by atoms with Gasteiger partial charge in [0.05, 0.1) is 0 Å². The number of carbonyl (C=O) groups excluding carboxylic acids is 2. The topological polar surface area (TPSA) is 43.4 Å². The molecule has 1 saturated carbocycles. The standard InChI is InChI=1S/C13H16O3/c1-8-7-11(14)9-5-3-4-6-10(9)12(15)13(8)16-2/h3-4,9-10,13H,1,5-7H2,2H3/t9-,10+,13?/m0/s1. The molecule has 2 aliphatic carbocycles. The van der Waals surface area contributed by atoms with Crippen molar-refractivity contribution in [3.05, 3.63) is 24.3 Å². The Balaban J connectivity index is 2.34. The van der Waals surface area contributed by atoms with E-state index in [0.29, 0.717) is 18.4 Å². The largest absolute Gasteiger partial charge is 0.369 e. The fraction of sp³-hybridized carbons (Fsp3) is 0.538. The van der Waals surface area contributed by atoms with E-state index < -0.39 is 6.10 Å². The second-order valence-corrected chi connectivity index (χ2v) is 4.48. The van der Waals surface area contributed by atoms with Crippen molar-refractivity contribution in [1.29, 1.82) is 0 Å². The highest BCUT2D eigenvalue weighted by atomic mass is 16.5. The molecule has 1 unspecified atom stereocenters. The molecule has 0 N–H and O–H groups in total. The molecule has 2 aliphatic rings. The van der Waals surface area contributed by atoms with Crippen molar-refractivity contribution in [2.45, 2.75) is 25.4 Å². The number of ether oxygens (including phenoxy) is 1. The summed E-state index contributed by atoms with van der Waals surface area (Å²) in [6, 6.07) is 0. The van der Waals surface area contributed by atoms with Gasteiger partial charge in [0.1, 0.15) is 11.9 Å². The third kappa shape index (κ3) is 1.76. The molecule has 0 aromatic heterocycles. The molecular formula is C13H16O3. The molecular weight excluding hydrogens is 204 g/mol. The number of hydrogen-bond acceptors (Lipinski definition) is 3. The predicted octanol–water partition coefficient (Wildman–Crippen LogP) is 1.68. The maximum absolute atomic E-state index is 12.2. The average molecular weight is 220 g/mol. The van der Waals surface area contributed by atoms with Crippen molar-refractivity contribution in [2.24, 2.45) is 11.8 Å². The number of hydrogen-bond donors (Lipinski definition) is 0. The Morgan fingerprint density at radius 2 is 1.88 bits per heavy atom. The first-order valence-corrected chi connectivity index (χ1v) is 5.57. The van der Waals surface area contributed by atoms with Gasteiger partial charge in [-0.15, -0.1) is 0 Å². The fourth-order valence-corrected chi connectivity index (χ4v) is 2.61. The van der Waals surface area contributed by atoms with E-state index in [2.05, 4.69) is 6.58 Å². The van der Waals surface area contributed by atoms with E-state index in [1.807, 2.05) is 12.2 Å². The first-order chi connectivity index (χ1) is 7.65. The summed E-state index contributed by atoms with van der Waals surface area (Å²) >= 11 is 0. The van der Waals surface area contributed by atoms with Gasteiger partial charge >= 0.3 is 0 Å². The quantitative estimate of drug-likeness (QED) is 0.631. The number of allylic oxidation sites excluding steroid dienone is 2. The van der Waals surface area contributed by atoms with Crippen molar-refractivity contribution >= 4 is 11.6 Å². The molecule has 0 saturated heterocycles. The number of methoxy groups -OCH3 is 1. The summed E-state index contributed by atoms with van der Waals surface area (Å²) in [5.74, 6) is -0.212. The maximum atomic E-state index is 12.2. The van der Waals surface area contributed by atoms with Crippen LogP contribution in [0, 0.1) is 11.8 Å². The Labute approximate surface area is 95.2 Å². The second kappa shape index (κ2) is 4.34. The molecule has 3 nitrogen and oxygen atoms in total. The number of rotatable bonds is 1. The molecule has 0 aromatic rings. The minimum atomic E-state index is -0.592. The van der Waals surface area contributed by atoms with Gasteiger partial charge in [0.25, 0.3) is 0 Å². The van der Waals surface area contributed by atoms with E-state index in [9.17, 15) is 9.59 Å². The summed E-state index contributed by atoms with van der Waals surface area (Å²) in [5.41, 5.74) is 0.604. The molecule has 0 heterocycles. The van der Waals surface area contributed by atoms with Crippen molar-refractivity contribution in [3.8, 4) is 0 Å². The number of Topliss-reactive ketones (excluding diaryl/α,β-unsaturated/α-hetero) is 2. The highest BCUT2D eigenvalue weighted by molar-refractivity contribution is 5.98. The molecule has 86 valence electrons. The van der Waals surface area contributed by atoms with E-state index >= 15 is 0 Å². The molecule has 16 heavy (non-hydrogen) atoms. The Kier molecular flexibility index (Phi) is 3.06. The summed E-state index contributed by atoms with van der Waals surface area (Å²) in [6.45, 7) is 3.80. The highest BCUT2D eigenvalue weighted by Gasteiger charge is 2.41. The normalized spacial score (nSPS) is 34.8. The molecule has 0 radical (unpaired) electrons. The Bertz CT molecular complexity index is 367. The Morgan fingerprint density at radius 1 is 1.25 bits per heavy atom. The fourth-order valence-electron chi connectivity index (χ4n) is 2.61. The van der Waals surface area contributed by atoms with Gasteiger partial charge in [0.15, 0.2) is 5.78 Å². The maximum Gasteiger partial charge on any atom is 0.169 e. The zero-order valence-electron chi connectivity index (χ0n) is 9.44. The lowest BCUT2D eigenvalue weighted by Crippen LogP contribution is -2.34. The van der Waals surface area contributed by atoms with E-state index in [-0.39, 0.29) is 29.8 Å². The van der Waals surface area contributed by atoms with Crippen molar-refractivity contribution < 1.29 is 14.3 Å². The summed E-state index contributed by atoms with van der Waals surface area (Å²) in [5, 5.41) is 0. The van der Waals surface area contributed by atoms with Gasteiger partial charge in [-0.2, -0.15) is 0 Å². The third-order valence-electron chi connectivity index (χ3n) is 3.48. The smallest absolute Gasteiger partial charge is 0.169 e. The first kappa shape index (κ1) is 11.3. The van der Waals surface area contributed by atoms with Crippen LogP contribution in [0.1, 0.15) is 19.3 Å². The second-order valence-electron chi connectivity index (χ2n) is 4.48. The molecule has 3 heteroatoms. The van der Waals surface area contributed by atoms with Crippen molar-refractivity contribution in [1.82, 2.24) is 0 Å². The number of fused-ring (bicyclic) bond motifs is 1. The van der Waals surface area contributed by atoms with Gasteiger partial charge in [-0.25, -0.2) is 0 Å². The predicted molar refractivity (Wildman–Crippen MR) is 59.9 cm³/mol. The van der Waals surface area contributed by atoms with Crippen LogP contribution in [0.2, 0.25) is 0 Å². The van der Waals surface area contributed by atoms with Crippen LogP contribution in [-0.2, 0) is 14.3 Å². The Morgan fingerprint density at radius 3 is 2.50 bits per heavy atom. The minimum Gasteiger partial charge on any atom is -0.369 e. The van der Waals surface area contributed by atoms with E-state index in [4.69, 9.17) is 4.74 Å². The lowest BCUT2D eigenvalue weighted by Gasteiger charge is -2.25. The van der Waals surface area contributed by atoms with Gasteiger partial charge in [-0.05, 0) is 18.4 Å². The molecule has 0 aromatic carbocycles. The van der Waals surface area contributed by atoms with Crippen LogP contribution in [0.3, 0.4) is 0 Å². The van der Waals surface area contributed by atoms with Gasteiger partial charge < -0.3 is 4.74 Å². The molecule has 1 fully saturated rings. The van der Waals surface area contributed by atoms with Gasteiger partial charge in [-0.3, -0.25) is 9.59 Å². The van der Waals surface area contributed by atoms with E-state index in [1.165, 1.54) is 7.11 Å². The summed E-state index contributed by atoms with van der Waals surface area (Å²) < 4.78 is 5.17. The van der Waals surface area contributed by atoms with Crippen LogP contribution >= 0.6 is 0 Å². The van der Waals surface area contributed by atoms with Crippen molar-refractivity contribution in [3.63, 3.8) is 0 Å². The number of ketones is 2. The van der Waals surface area contributed by atoms with E-state index in [1.54, 1.807) is 0 Å². The lowest BCUT2D eigenvalue weighted by molar-refractivity contribution is -0.135. The molecule has 0 spiro atoms. The zero-order valence-corrected chi connectivity index (χ0v) is 9.44. The Hall–Kier alpha value is -1.22. The SMILES string of the molecule is C=C1CC(=O)[C@H]2CC=CC[C@H]2C(=O)C1OC. The average Bonchev–Trinajstić information content (AvgIpc) is 2.37. The van der Waals surface area contributed by atoms with Gasteiger partial charge in [0, 0.05) is 25.4 Å². The molecule has 3 atom stereocenters. The number of carbonyl (C=O) groups is 2. The lowest BCUT2D eigenvalue weighted by atomic mass is 9.78. The summed E-state index contributed by atoms with van der Waals surface area (Å²) in [4.78, 5) is 24.2. The minimum absolute atomic E-state index is 0.0210. The van der Waals surface area contributed by atoms with Crippen LogP contribution < -0.4 is 0 Å². The monoisotopic (exact) mass is 220 g/mol. The molecule has 2 rings (SSSR count). The van der Waals surface area contributed by atoms with Crippen LogP contribution in [0.5, 0.6) is 0 Å². The molecule has 0 aliphatic heterocycles. The molecule has 0 amide bonds. The van der Waals surface area contributed by atoms with E-state index in [0.717, 1.165) is 0 Å². The van der Waals surface area contributed by atoms with Gasteiger partial charge in [0.2, 0.25) is 0 Å². The molecule has 0 bridgehead atoms. The summed E-state index contributed by atoms with van der Waals surface area (Å²) in [7, 11) is 1.50. The van der Waals surface area contributed by atoms with Crippen LogP contribution in [0.4, 0.5) is 0 Å². The zero-order chi connectivity index (χ0) is 11.7. The van der Waals surface area contributed by atoms with Crippen LogP contribution in [0.15, 0.2) is 24.3 Å². The van der Waals surface area contributed by atoms with Crippen LogP contribution in [-0.4, -0.2) is 24.8 Å². The van der Waals surface area contributed by atoms with Crippen LogP contribution in [0.25, 0.3) is 0 Å². The summed E-state index contributed by atoms with van der Waals surface area (Å²) in [6.07, 6.45) is 4.99. The third-order valence-corrected chi connectivity index (χ3v) is 3.48. The van der Waals surface area contributed by atoms with Gasteiger partial charge in [-0.1, -0.05) is 18.7 Å².